The number of fused-ring (bicyclic) bond motifs is 1. The number of methoxy groups -OCH3 is 2. The van der Waals surface area contributed by atoms with Crippen molar-refractivity contribution in [1.29, 1.82) is 0 Å². The van der Waals surface area contributed by atoms with Gasteiger partial charge in [-0.25, -0.2) is 9.59 Å². The Bertz CT molecular complexity index is 853. The zero-order valence-electron chi connectivity index (χ0n) is 13.4. The van der Waals surface area contributed by atoms with Gasteiger partial charge >= 0.3 is 11.6 Å². The first-order chi connectivity index (χ1) is 11.5. The summed E-state index contributed by atoms with van der Waals surface area (Å²) >= 11 is 0. The molecule has 0 spiro atoms. The van der Waals surface area contributed by atoms with E-state index >= 15 is 0 Å². The van der Waals surface area contributed by atoms with Crippen LogP contribution in [0.3, 0.4) is 0 Å². The molecule has 1 aliphatic heterocycles. The number of carbonyl (C=O) groups excluding carboxylic acids is 1. The van der Waals surface area contributed by atoms with Crippen molar-refractivity contribution in [2.24, 2.45) is 0 Å². The lowest BCUT2D eigenvalue weighted by Crippen LogP contribution is -2.31. The maximum Gasteiger partial charge on any atom is 0.348 e. The maximum atomic E-state index is 12.3. The molecule has 24 heavy (non-hydrogen) atoms. The second kappa shape index (κ2) is 5.92. The Labute approximate surface area is 137 Å². The minimum atomic E-state index is -1.04. The minimum Gasteiger partial charge on any atom is -0.504 e. The number of carbonyl (C=O) groups is 1. The van der Waals surface area contributed by atoms with Crippen LogP contribution < -0.4 is 15.1 Å². The predicted molar refractivity (Wildman–Crippen MR) is 82.6 cm³/mol. The Kier molecular flexibility index (Phi) is 3.92. The van der Waals surface area contributed by atoms with Crippen molar-refractivity contribution < 1.29 is 28.5 Å². The molecule has 0 bridgehead atoms. The summed E-state index contributed by atoms with van der Waals surface area (Å²) < 4.78 is 20.6. The molecule has 0 saturated heterocycles. The Balaban J connectivity index is 2.17. The van der Waals surface area contributed by atoms with Crippen LogP contribution in [-0.4, -0.2) is 31.4 Å². The largest absolute Gasteiger partial charge is 0.504 e. The molecule has 0 radical (unpaired) electrons. The highest BCUT2D eigenvalue weighted by Crippen LogP contribution is 2.43. The number of ether oxygens (including phenoxy) is 3. The van der Waals surface area contributed by atoms with Gasteiger partial charge in [0.2, 0.25) is 6.10 Å². The molecular formula is C17H16O7. The van der Waals surface area contributed by atoms with Crippen molar-refractivity contribution in [3.8, 4) is 17.2 Å². The fraction of sp³-hybridized carbons (Fsp3) is 0.294. The summed E-state index contributed by atoms with van der Waals surface area (Å²) in [5.74, 6) is -0.545. The molecule has 0 aliphatic carbocycles. The molecule has 0 amide bonds. The zero-order chi connectivity index (χ0) is 17.4. The molecule has 7 nitrogen and oxygen atoms in total. The summed E-state index contributed by atoms with van der Waals surface area (Å²) in [5.41, 5.74) is 0.149. The summed E-state index contributed by atoms with van der Waals surface area (Å²) in [6, 6.07) is 6.18. The van der Waals surface area contributed by atoms with Crippen LogP contribution in [0.25, 0.3) is 0 Å². The van der Waals surface area contributed by atoms with E-state index in [2.05, 4.69) is 0 Å². The third kappa shape index (κ3) is 2.47. The van der Waals surface area contributed by atoms with Crippen LogP contribution in [0.15, 0.2) is 33.5 Å². The number of hydrogen-bond acceptors (Lipinski definition) is 7. The monoisotopic (exact) mass is 332 g/mol. The van der Waals surface area contributed by atoms with Crippen molar-refractivity contribution in [1.82, 2.24) is 0 Å². The molecule has 3 rings (SSSR count). The van der Waals surface area contributed by atoms with Gasteiger partial charge < -0.3 is 23.7 Å². The molecule has 2 atom stereocenters. The third-order valence-electron chi connectivity index (χ3n) is 3.94. The van der Waals surface area contributed by atoms with Gasteiger partial charge in [-0.05, 0) is 24.6 Å². The molecule has 1 aromatic heterocycles. The molecule has 0 fully saturated rings. The Morgan fingerprint density at radius 3 is 2.62 bits per heavy atom. The minimum absolute atomic E-state index is 0.108. The number of phenols is 1. The molecular weight excluding hydrogens is 316 g/mol. The summed E-state index contributed by atoms with van der Waals surface area (Å²) in [6.45, 7) is 1.62. The molecule has 126 valence electrons. The average Bonchev–Trinajstić information content (AvgIpc) is 2.93. The molecule has 1 aromatic carbocycles. The maximum absolute atomic E-state index is 12.3. The lowest BCUT2D eigenvalue weighted by molar-refractivity contribution is -0.148. The van der Waals surface area contributed by atoms with Gasteiger partial charge in [0.15, 0.2) is 11.5 Å². The second-order valence-electron chi connectivity index (χ2n) is 5.39. The van der Waals surface area contributed by atoms with Crippen molar-refractivity contribution in [2.75, 3.05) is 14.2 Å². The second-order valence-corrected chi connectivity index (χ2v) is 5.39. The van der Waals surface area contributed by atoms with Crippen molar-refractivity contribution >= 4 is 5.97 Å². The van der Waals surface area contributed by atoms with E-state index in [1.807, 2.05) is 0 Å². The van der Waals surface area contributed by atoms with E-state index in [-0.39, 0.29) is 22.8 Å². The van der Waals surface area contributed by atoms with Gasteiger partial charge in [-0.3, -0.25) is 0 Å². The molecule has 2 unspecified atom stereocenters. The number of rotatable bonds is 3. The number of esters is 1. The van der Waals surface area contributed by atoms with Crippen molar-refractivity contribution in [3.05, 3.63) is 51.6 Å². The highest BCUT2D eigenvalue weighted by atomic mass is 16.6. The fourth-order valence-corrected chi connectivity index (χ4v) is 2.87. The summed E-state index contributed by atoms with van der Waals surface area (Å²) in [4.78, 5) is 24.4. The van der Waals surface area contributed by atoms with E-state index in [1.54, 1.807) is 25.1 Å². The highest BCUT2D eigenvalue weighted by molar-refractivity contribution is 5.79. The van der Waals surface area contributed by atoms with Crippen molar-refractivity contribution in [3.63, 3.8) is 0 Å². The quantitative estimate of drug-likeness (QED) is 0.855. The van der Waals surface area contributed by atoms with Crippen LogP contribution in [-0.2, 0) is 9.53 Å². The topological polar surface area (TPSA) is 95.2 Å². The van der Waals surface area contributed by atoms with Gasteiger partial charge in [0, 0.05) is 6.07 Å². The standard InChI is InChI=1S/C17H16O7/c1-8-6-12-14(16(19)23-8)13(15(24-12)17(20)22-3)9-4-5-11(21-2)10(18)7-9/h4-7,13,15,18H,1-3H3. The molecule has 2 heterocycles. The zero-order valence-corrected chi connectivity index (χ0v) is 13.4. The Morgan fingerprint density at radius 2 is 2.00 bits per heavy atom. The van der Waals surface area contributed by atoms with Crippen molar-refractivity contribution in [2.45, 2.75) is 18.9 Å². The van der Waals surface area contributed by atoms with Crippen LogP contribution >= 0.6 is 0 Å². The van der Waals surface area contributed by atoms with Crippen LogP contribution in [0.1, 0.15) is 22.8 Å². The lowest BCUT2D eigenvalue weighted by atomic mass is 9.88. The van der Waals surface area contributed by atoms with Gasteiger partial charge in [-0.2, -0.15) is 0 Å². The summed E-state index contributed by atoms with van der Waals surface area (Å²) in [5, 5.41) is 10.0. The number of hydrogen-bond donors (Lipinski definition) is 1. The fourth-order valence-electron chi connectivity index (χ4n) is 2.87. The van der Waals surface area contributed by atoms with Gasteiger partial charge in [0.1, 0.15) is 11.5 Å². The predicted octanol–water partition coefficient (Wildman–Crippen LogP) is 1.73. The van der Waals surface area contributed by atoms with Crippen LogP contribution in [0.4, 0.5) is 0 Å². The number of benzene rings is 1. The number of phenolic OH excluding ortho intramolecular Hbond substituents is 1. The van der Waals surface area contributed by atoms with Gasteiger partial charge in [0.25, 0.3) is 0 Å². The molecule has 0 saturated carbocycles. The van der Waals surface area contributed by atoms with Gasteiger partial charge in [0.05, 0.1) is 25.7 Å². The van der Waals surface area contributed by atoms with E-state index in [0.29, 0.717) is 11.3 Å². The van der Waals surface area contributed by atoms with Crippen LogP contribution in [0.5, 0.6) is 17.2 Å². The van der Waals surface area contributed by atoms with Crippen LogP contribution in [0.2, 0.25) is 0 Å². The lowest BCUT2D eigenvalue weighted by Gasteiger charge is -2.17. The molecule has 2 aromatic rings. The normalized spacial score (nSPS) is 18.6. The molecule has 7 heteroatoms. The van der Waals surface area contributed by atoms with E-state index in [0.717, 1.165) is 0 Å². The molecule has 1 aliphatic rings. The first-order valence-electron chi connectivity index (χ1n) is 7.22. The SMILES string of the molecule is COC(=O)C1Oc2cc(C)oc(=O)c2C1c1ccc(OC)c(O)c1. The number of aromatic hydroxyl groups is 1. The average molecular weight is 332 g/mol. The summed E-state index contributed by atoms with van der Waals surface area (Å²) in [6.07, 6.45) is -1.04. The Hall–Kier alpha value is -2.96. The Morgan fingerprint density at radius 1 is 1.25 bits per heavy atom. The first-order valence-corrected chi connectivity index (χ1v) is 7.22. The van der Waals surface area contributed by atoms with E-state index < -0.39 is 23.6 Å². The van der Waals surface area contributed by atoms with Gasteiger partial charge in [-0.1, -0.05) is 6.07 Å². The van der Waals surface area contributed by atoms with Gasteiger partial charge in [-0.15, -0.1) is 0 Å². The first kappa shape index (κ1) is 15.9. The number of aryl methyl sites for hydroxylation is 1. The van der Waals surface area contributed by atoms with E-state index in [1.165, 1.54) is 20.3 Å². The smallest absolute Gasteiger partial charge is 0.348 e. The summed E-state index contributed by atoms with van der Waals surface area (Å²) in [7, 11) is 2.67. The third-order valence-corrected chi connectivity index (χ3v) is 3.94. The van der Waals surface area contributed by atoms with Crippen LogP contribution in [0, 0.1) is 6.92 Å². The van der Waals surface area contributed by atoms with E-state index in [9.17, 15) is 14.7 Å². The van der Waals surface area contributed by atoms with E-state index in [4.69, 9.17) is 18.6 Å². The molecule has 1 N–H and O–H groups in total. The highest BCUT2D eigenvalue weighted by Gasteiger charge is 2.44.